The number of carbonyl (C=O) groups excluding carboxylic acids is 1. The largest absolute Gasteiger partial charge is 0.459 e. The number of rotatable bonds is 4. The summed E-state index contributed by atoms with van der Waals surface area (Å²) in [6.07, 6.45) is -4.57. The minimum Gasteiger partial charge on any atom is -0.459 e. The normalized spacial score (nSPS) is 12.1. The molecule has 118 valence electrons. The van der Waals surface area contributed by atoms with Gasteiger partial charge in [-0.25, -0.2) is 9.97 Å². The van der Waals surface area contributed by atoms with Crippen molar-refractivity contribution < 1.29 is 22.7 Å². The van der Waals surface area contributed by atoms with Crippen molar-refractivity contribution in [1.82, 2.24) is 9.97 Å². The summed E-state index contributed by atoms with van der Waals surface area (Å²) < 4.78 is 43.1. The fourth-order valence-corrected chi connectivity index (χ4v) is 1.93. The zero-order chi connectivity index (χ0) is 16.3. The summed E-state index contributed by atoms with van der Waals surface area (Å²) in [5.74, 6) is -0.809. The molecule has 9 heteroatoms. The van der Waals surface area contributed by atoms with Gasteiger partial charge in [-0.15, -0.1) is 0 Å². The Kier molecular flexibility index (Phi) is 5.43. The van der Waals surface area contributed by atoms with E-state index in [4.69, 9.17) is 4.74 Å². The molecule has 0 spiro atoms. The monoisotopic (exact) mass is 323 g/mol. The minimum atomic E-state index is -4.57. The Bertz CT molecular complexity index is 515. The van der Waals surface area contributed by atoms with E-state index in [1.165, 1.54) is 7.05 Å². The van der Waals surface area contributed by atoms with Crippen molar-refractivity contribution in [2.75, 3.05) is 18.1 Å². The van der Waals surface area contributed by atoms with Gasteiger partial charge in [0, 0.05) is 13.1 Å². The third-order valence-electron chi connectivity index (χ3n) is 1.97. The van der Waals surface area contributed by atoms with Crippen molar-refractivity contribution in [3.05, 3.63) is 11.8 Å². The number of halogens is 3. The van der Waals surface area contributed by atoms with Crippen LogP contribution in [0.25, 0.3) is 0 Å². The van der Waals surface area contributed by atoms with Gasteiger partial charge in [0.2, 0.25) is 5.95 Å². The number of carbonyl (C=O) groups is 1. The van der Waals surface area contributed by atoms with E-state index in [2.05, 4.69) is 15.3 Å². The van der Waals surface area contributed by atoms with E-state index < -0.39 is 23.4 Å². The van der Waals surface area contributed by atoms with Crippen LogP contribution in [0.15, 0.2) is 11.1 Å². The number of aromatic nitrogens is 2. The number of thioether (sulfide) groups is 1. The van der Waals surface area contributed by atoms with Crippen molar-refractivity contribution in [3.8, 4) is 0 Å². The maximum atomic E-state index is 12.7. The second-order valence-electron chi connectivity index (χ2n) is 5.04. The SMILES string of the molecule is CNc1nc(SCC(=O)OC(C)(C)C)cc(C(F)(F)F)n1. The lowest BCUT2D eigenvalue weighted by molar-refractivity contribution is -0.151. The molecule has 0 bridgehead atoms. The number of ether oxygens (including phenoxy) is 1. The average Bonchev–Trinajstić information content (AvgIpc) is 2.33. The summed E-state index contributed by atoms with van der Waals surface area (Å²) in [5, 5.41) is 2.50. The number of anilines is 1. The first-order valence-electron chi connectivity index (χ1n) is 6.00. The predicted octanol–water partition coefficient (Wildman–Crippen LogP) is 2.97. The third kappa shape index (κ3) is 6.19. The Balaban J connectivity index is 2.82. The number of alkyl halides is 3. The number of hydrogen-bond donors (Lipinski definition) is 1. The minimum absolute atomic E-state index is 0.0486. The van der Waals surface area contributed by atoms with E-state index in [1.807, 2.05) is 0 Å². The zero-order valence-corrected chi connectivity index (χ0v) is 12.9. The molecule has 1 aromatic rings. The topological polar surface area (TPSA) is 64.1 Å². The van der Waals surface area contributed by atoms with E-state index >= 15 is 0 Å². The first-order chi connectivity index (χ1) is 9.51. The molecule has 0 amide bonds. The lowest BCUT2D eigenvalue weighted by Gasteiger charge is -2.19. The molecule has 0 aliphatic heterocycles. The summed E-state index contributed by atoms with van der Waals surface area (Å²) >= 11 is 0.863. The number of hydrogen-bond acceptors (Lipinski definition) is 6. The molecule has 0 unspecified atom stereocenters. The summed E-state index contributed by atoms with van der Waals surface area (Å²) in [4.78, 5) is 18.7. The fraction of sp³-hybridized carbons (Fsp3) is 0.583. The van der Waals surface area contributed by atoms with Crippen LogP contribution in [0.2, 0.25) is 0 Å². The highest BCUT2D eigenvalue weighted by molar-refractivity contribution is 7.99. The van der Waals surface area contributed by atoms with Gasteiger partial charge in [0.05, 0.1) is 5.75 Å². The smallest absolute Gasteiger partial charge is 0.433 e. The van der Waals surface area contributed by atoms with Gasteiger partial charge in [-0.3, -0.25) is 4.79 Å². The van der Waals surface area contributed by atoms with Crippen molar-refractivity contribution in [1.29, 1.82) is 0 Å². The number of nitrogens with zero attached hydrogens (tertiary/aromatic N) is 2. The molecule has 0 aliphatic rings. The Morgan fingerprint density at radius 1 is 1.33 bits per heavy atom. The van der Waals surface area contributed by atoms with Crippen molar-refractivity contribution >= 4 is 23.7 Å². The molecule has 0 radical (unpaired) electrons. The summed E-state index contributed by atoms with van der Waals surface area (Å²) in [6, 6.07) is 0.801. The van der Waals surface area contributed by atoms with Gasteiger partial charge in [-0.2, -0.15) is 13.2 Å². The first-order valence-corrected chi connectivity index (χ1v) is 6.98. The van der Waals surface area contributed by atoms with Crippen LogP contribution >= 0.6 is 11.8 Å². The van der Waals surface area contributed by atoms with Gasteiger partial charge in [-0.05, 0) is 20.8 Å². The van der Waals surface area contributed by atoms with Crippen LogP contribution < -0.4 is 5.32 Å². The molecule has 0 aliphatic carbocycles. The second-order valence-corrected chi connectivity index (χ2v) is 6.03. The Morgan fingerprint density at radius 2 is 1.95 bits per heavy atom. The highest BCUT2D eigenvalue weighted by Gasteiger charge is 2.33. The lowest BCUT2D eigenvalue weighted by atomic mass is 10.2. The molecule has 0 aromatic carbocycles. The van der Waals surface area contributed by atoms with Gasteiger partial charge in [0.25, 0.3) is 0 Å². The molecule has 0 saturated carbocycles. The van der Waals surface area contributed by atoms with Crippen LogP contribution in [-0.2, 0) is 15.7 Å². The number of nitrogens with one attached hydrogen (secondary N) is 1. The Hall–Kier alpha value is -1.51. The molecule has 1 N–H and O–H groups in total. The highest BCUT2D eigenvalue weighted by atomic mass is 32.2. The lowest BCUT2D eigenvalue weighted by Crippen LogP contribution is -2.25. The van der Waals surface area contributed by atoms with Crippen molar-refractivity contribution in [2.45, 2.75) is 37.6 Å². The number of esters is 1. The predicted molar refractivity (Wildman–Crippen MR) is 73.1 cm³/mol. The third-order valence-corrected chi connectivity index (χ3v) is 2.86. The summed E-state index contributed by atoms with van der Waals surface area (Å²) in [6.45, 7) is 5.13. The standard InChI is InChI=1S/C12H16F3N3O2S/c1-11(2,3)20-9(19)6-21-8-5-7(12(13,14)15)17-10(16-4)18-8/h5H,6H2,1-4H3,(H,16,17,18). The summed E-state index contributed by atoms with van der Waals surface area (Å²) in [7, 11) is 1.41. The molecule has 5 nitrogen and oxygen atoms in total. The van der Waals surface area contributed by atoms with Crippen LogP contribution in [0.5, 0.6) is 0 Å². The zero-order valence-electron chi connectivity index (χ0n) is 12.0. The van der Waals surface area contributed by atoms with Crippen LogP contribution in [-0.4, -0.2) is 34.3 Å². The second kappa shape index (κ2) is 6.50. The van der Waals surface area contributed by atoms with Crippen LogP contribution in [0.3, 0.4) is 0 Å². The molecular formula is C12H16F3N3O2S. The maximum absolute atomic E-state index is 12.7. The van der Waals surface area contributed by atoms with E-state index in [1.54, 1.807) is 20.8 Å². The molecular weight excluding hydrogens is 307 g/mol. The van der Waals surface area contributed by atoms with E-state index in [-0.39, 0.29) is 16.7 Å². The van der Waals surface area contributed by atoms with E-state index in [9.17, 15) is 18.0 Å². The van der Waals surface area contributed by atoms with Gasteiger partial charge >= 0.3 is 12.1 Å². The average molecular weight is 323 g/mol. The molecule has 1 aromatic heterocycles. The maximum Gasteiger partial charge on any atom is 0.433 e. The van der Waals surface area contributed by atoms with Crippen molar-refractivity contribution in [2.24, 2.45) is 0 Å². The fourth-order valence-electron chi connectivity index (χ4n) is 1.26. The molecule has 21 heavy (non-hydrogen) atoms. The van der Waals surface area contributed by atoms with Crippen molar-refractivity contribution in [3.63, 3.8) is 0 Å². The highest BCUT2D eigenvalue weighted by Crippen LogP contribution is 2.30. The van der Waals surface area contributed by atoms with Gasteiger partial charge < -0.3 is 10.1 Å². The van der Waals surface area contributed by atoms with Gasteiger partial charge in [-0.1, -0.05) is 11.8 Å². The molecule has 0 fully saturated rings. The van der Waals surface area contributed by atoms with Gasteiger partial charge in [0.1, 0.15) is 10.6 Å². The first kappa shape index (κ1) is 17.5. The quantitative estimate of drug-likeness (QED) is 0.522. The summed E-state index contributed by atoms with van der Waals surface area (Å²) in [5.41, 5.74) is -1.70. The molecule has 0 atom stereocenters. The van der Waals surface area contributed by atoms with Crippen LogP contribution in [0, 0.1) is 0 Å². The molecule has 1 heterocycles. The van der Waals surface area contributed by atoms with Crippen LogP contribution in [0.1, 0.15) is 26.5 Å². The van der Waals surface area contributed by atoms with E-state index in [0.29, 0.717) is 0 Å². The Morgan fingerprint density at radius 3 is 2.43 bits per heavy atom. The van der Waals surface area contributed by atoms with Crippen LogP contribution in [0.4, 0.5) is 19.1 Å². The Labute approximate surface area is 124 Å². The molecule has 0 saturated heterocycles. The van der Waals surface area contributed by atoms with Gasteiger partial charge in [0.15, 0.2) is 5.69 Å². The molecule has 1 rings (SSSR count). The van der Waals surface area contributed by atoms with E-state index in [0.717, 1.165) is 17.8 Å².